The van der Waals surface area contributed by atoms with Crippen LogP contribution >= 0.6 is 0 Å². The summed E-state index contributed by atoms with van der Waals surface area (Å²) in [6, 6.07) is 0. The summed E-state index contributed by atoms with van der Waals surface area (Å²) in [5.74, 6) is 1.41. The lowest BCUT2D eigenvalue weighted by atomic mass is 10.3. The molecular weight excluding hydrogens is 232 g/mol. The van der Waals surface area contributed by atoms with Gasteiger partial charge in [0.1, 0.15) is 0 Å². The fraction of sp³-hybridized carbons (Fsp3) is 0.833. The smallest absolute Gasteiger partial charge is 0.223 e. The van der Waals surface area contributed by atoms with Gasteiger partial charge in [0, 0.05) is 33.1 Å². The van der Waals surface area contributed by atoms with Crippen molar-refractivity contribution in [3.63, 3.8) is 0 Å². The molecule has 1 saturated heterocycles. The SMILES string of the molecule is CCN(CCN1CCOCC1)Cc1noc(C)n1. The fourth-order valence-electron chi connectivity index (χ4n) is 2.06. The second-order valence-electron chi connectivity index (χ2n) is 4.55. The monoisotopic (exact) mass is 254 g/mol. The van der Waals surface area contributed by atoms with Crippen molar-refractivity contribution >= 4 is 0 Å². The van der Waals surface area contributed by atoms with E-state index in [2.05, 4.69) is 26.9 Å². The number of ether oxygens (including phenoxy) is 1. The first-order valence-corrected chi connectivity index (χ1v) is 6.59. The third-order valence-corrected chi connectivity index (χ3v) is 3.22. The Bertz CT molecular complexity index is 350. The van der Waals surface area contributed by atoms with Gasteiger partial charge in [0.25, 0.3) is 0 Å². The van der Waals surface area contributed by atoms with Crippen LogP contribution in [0.1, 0.15) is 18.6 Å². The van der Waals surface area contributed by atoms with Crippen molar-refractivity contribution in [2.45, 2.75) is 20.4 Å². The normalized spacial score (nSPS) is 17.5. The lowest BCUT2D eigenvalue weighted by molar-refractivity contribution is 0.0330. The molecule has 0 radical (unpaired) electrons. The maximum Gasteiger partial charge on any atom is 0.223 e. The highest BCUT2D eigenvalue weighted by atomic mass is 16.5. The summed E-state index contributed by atoms with van der Waals surface area (Å²) in [6.45, 7) is 11.6. The van der Waals surface area contributed by atoms with Gasteiger partial charge in [-0.05, 0) is 6.54 Å². The molecule has 0 aliphatic carbocycles. The first-order chi connectivity index (χ1) is 8.78. The summed E-state index contributed by atoms with van der Waals surface area (Å²) in [5.41, 5.74) is 0. The Hall–Kier alpha value is -0.980. The number of aromatic nitrogens is 2. The Morgan fingerprint density at radius 1 is 1.33 bits per heavy atom. The molecule has 6 nitrogen and oxygen atoms in total. The first-order valence-electron chi connectivity index (χ1n) is 6.59. The van der Waals surface area contributed by atoms with Crippen LogP contribution in [0.5, 0.6) is 0 Å². The number of hydrogen-bond acceptors (Lipinski definition) is 6. The standard InChI is InChI=1S/C12H22N4O2/c1-3-15(10-12-13-11(2)18-14-12)4-5-16-6-8-17-9-7-16/h3-10H2,1-2H3. The van der Waals surface area contributed by atoms with Gasteiger partial charge in [0.05, 0.1) is 19.8 Å². The first kappa shape index (κ1) is 13.5. The average molecular weight is 254 g/mol. The molecule has 102 valence electrons. The Morgan fingerprint density at radius 3 is 2.72 bits per heavy atom. The van der Waals surface area contributed by atoms with E-state index in [1.54, 1.807) is 0 Å². The van der Waals surface area contributed by atoms with Gasteiger partial charge in [-0.25, -0.2) is 0 Å². The Balaban J connectivity index is 1.74. The van der Waals surface area contributed by atoms with Crippen LogP contribution in [0.3, 0.4) is 0 Å². The maximum atomic E-state index is 5.34. The quantitative estimate of drug-likeness (QED) is 0.738. The second kappa shape index (κ2) is 6.82. The molecule has 1 aliphatic heterocycles. The van der Waals surface area contributed by atoms with Crippen molar-refractivity contribution in [1.29, 1.82) is 0 Å². The van der Waals surface area contributed by atoms with Gasteiger partial charge in [-0.3, -0.25) is 9.80 Å². The predicted octanol–water partition coefficient (Wildman–Crippen LogP) is 0.532. The van der Waals surface area contributed by atoms with Gasteiger partial charge in [-0.15, -0.1) is 0 Å². The summed E-state index contributed by atoms with van der Waals surface area (Å²) in [4.78, 5) is 9.01. The van der Waals surface area contributed by atoms with Crippen LogP contribution in [-0.2, 0) is 11.3 Å². The summed E-state index contributed by atoms with van der Waals surface area (Å²) >= 11 is 0. The molecule has 0 atom stereocenters. The van der Waals surface area contributed by atoms with E-state index in [1.807, 2.05) is 6.92 Å². The minimum atomic E-state index is 0.634. The molecule has 0 bridgehead atoms. The van der Waals surface area contributed by atoms with Gasteiger partial charge < -0.3 is 9.26 Å². The van der Waals surface area contributed by atoms with Gasteiger partial charge in [0.15, 0.2) is 5.82 Å². The molecule has 0 saturated carbocycles. The number of rotatable bonds is 6. The van der Waals surface area contributed by atoms with E-state index in [9.17, 15) is 0 Å². The number of nitrogens with zero attached hydrogens (tertiary/aromatic N) is 4. The van der Waals surface area contributed by atoms with Crippen LogP contribution in [0.2, 0.25) is 0 Å². The molecule has 0 amide bonds. The maximum absolute atomic E-state index is 5.34. The highest BCUT2D eigenvalue weighted by Crippen LogP contribution is 2.02. The third-order valence-electron chi connectivity index (χ3n) is 3.22. The van der Waals surface area contributed by atoms with Gasteiger partial charge in [-0.1, -0.05) is 12.1 Å². The molecule has 1 aliphatic rings. The fourth-order valence-corrected chi connectivity index (χ4v) is 2.06. The van der Waals surface area contributed by atoms with Gasteiger partial charge >= 0.3 is 0 Å². The lowest BCUT2D eigenvalue weighted by Gasteiger charge is -2.29. The zero-order valence-corrected chi connectivity index (χ0v) is 11.3. The van der Waals surface area contributed by atoms with E-state index in [0.29, 0.717) is 5.89 Å². The van der Waals surface area contributed by atoms with Crippen LogP contribution < -0.4 is 0 Å². The van der Waals surface area contributed by atoms with Crippen molar-refractivity contribution < 1.29 is 9.26 Å². The summed E-state index contributed by atoms with van der Waals surface area (Å²) in [6.07, 6.45) is 0. The minimum absolute atomic E-state index is 0.634. The molecule has 0 aromatic carbocycles. The molecule has 0 spiro atoms. The molecule has 1 fully saturated rings. The Labute approximate surface area is 108 Å². The molecule has 6 heteroatoms. The molecule has 1 aromatic heterocycles. The van der Waals surface area contributed by atoms with E-state index < -0.39 is 0 Å². The molecule has 18 heavy (non-hydrogen) atoms. The predicted molar refractivity (Wildman–Crippen MR) is 67.2 cm³/mol. The Kier molecular flexibility index (Phi) is 5.10. The second-order valence-corrected chi connectivity index (χ2v) is 4.55. The molecule has 2 rings (SSSR count). The summed E-state index contributed by atoms with van der Waals surface area (Å²) < 4.78 is 10.3. The number of morpholine rings is 1. The van der Waals surface area contributed by atoms with Crippen molar-refractivity contribution in [1.82, 2.24) is 19.9 Å². The summed E-state index contributed by atoms with van der Waals surface area (Å²) in [5, 5.41) is 3.94. The highest BCUT2D eigenvalue weighted by molar-refractivity contribution is 4.84. The zero-order chi connectivity index (χ0) is 12.8. The van der Waals surface area contributed by atoms with E-state index in [0.717, 1.165) is 58.3 Å². The van der Waals surface area contributed by atoms with Crippen molar-refractivity contribution in [3.05, 3.63) is 11.7 Å². The third kappa shape index (κ3) is 4.04. The van der Waals surface area contributed by atoms with E-state index in [-0.39, 0.29) is 0 Å². The van der Waals surface area contributed by atoms with Crippen LogP contribution in [-0.4, -0.2) is 65.9 Å². The van der Waals surface area contributed by atoms with Crippen molar-refractivity contribution in [2.75, 3.05) is 45.9 Å². The molecular formula is C12H22N4O2. The van der Waals surface area contributed by atoms with Gasteiger partial charge in [-0.2, -0.15) is 4.98 Å². The van der Waals surface area contributed by atoms with Crippen LogP contribution in [0.15, 0.2) is 4.52 Å². The topological polar surface area (TPSA) is 54.6 Å². The largest absolute Gasteiger partial charge is 0.379 e. The lowest BCUT2D eigenvalue weighted by Crippen LogP contribution is -2.41. The van der Waals surface area contributed by atoms with Crippen LogP contribution in [0.4, 0.5) is 0 Å². The molecule has 2 heterocycles. The van der Waals surface area contributed by atoms with Crippen LogP contribution in [0, 0.1) is 6.92 Å². The molecule has 1 aromatic rings. The Morgan fingerprint density at radius 2 is 2.11 bits per heavy atom. The number of aryl methyl sites for hydroxylation is 1. The van der Waals surface area contributed by atoms with E-state index in [1.165, 1.54) is 0 Å². The van der Waals surface area contributed by atoms with Crippen molar-refractivity contribution in [2.24, 2.45) is 0 Å². The van der Waals surface area contributed by atoms with Crippen LogP contribution in [0.25, 0.3) is 0 Å². The number of hydrogen-bond donors (Lipinski definition) is 0. The number of likely N-dealkylation sites (N-methyl/N-ethyl adjacent to an activating group) is 1. The minimum Gasteiger partial charge on any atom is -0.379 e. The molecule has 0 unspecified atom stereocenters. The zero-order valence-electron chi connectivity index (χ0n) is 11.3. The van der Waals surface area contributed by atoms with Crippen molar-refractivity contribution in [3.8, 4) is 0 Å². The highest BCUT2D eigenvalue weighted by Gasteiger charge is 2.13. The summed E-state index contributed by atoms with van der Waals surface area (Å²) in [7, 11) is 0. The van der Waals surface area contributed by atoms with Gasteiger partial charge in [0.2, 0.25) is 5.89 Å². The molecule has 0 N–H and O–H groups in total. The van der Waals surface area contributed by atoms with E-state index in [4.69, 9.17) is 9.26 Å². The average Bonchev–Trinajstić information content (AvgIpc) is 2.81. The van der Waals surface area contributed by atoms with E-state index >= 15 is 0 Å².